The largest absolute Gasteiger partial charge is 0.478 e. The first-order valence-corrected chi connectivity index (χ1v) is 6.46. The van der Waals surface area contributed by atoms with E-state index in [1.165, 1.54) is 0 Å². The van der Waals surface area contributed by atoms with Crippen LogP contribution in [0.15, 0.2) is 17.5 Å². The van der Waals surface area contributed by atoms with Crippen LogP contribution in [0.1, 0.15) is 23.8 Å². The van der Waals surface area contributed by atoms with Gasteiger partial charge in [0.1, 0.15) is 0 Å². The molecule has 0 aliphatic heterocycles. The van der Waals surface area contributed by atoms with E-state index >= 15 is 0 Å². The van der Waals surface area contributed by atoms with Crippen LogP contribution in [0.25, 0.3) is 6.08 Å². The highest BCUT2D eigenvalue weighted by molar-refractivity contribution is 7.10. The maximum Gasteiger partial charge on any atom is 0.328 e. The average molecular weight is 264 g/mol. The van der Waals surface area contributed by atoms with Crippen molar-refractivity contribution >= 4 is 23.4 Å². The molecule has 0 aromatic carbocycles. The number of thiophene rings is 1. The molecule has 4 nitrogen and oxygen atoms in total. The molecule has 0 bridgehead atoms. The van der Waals surface area contributed by atoms with Crippen LogP contribution in [0.2, 0.25) is 0 Å². The number of aliphatic carboxylic acids is 1. The Morgan fingerprint density at radius 3 is 3.06 bits per heavy atom. The van der Waals surface area contributed by atoms with Gasteiger partial charge in [-0.15, -0.1) is 11.3 Å². The molecular formula is C13H16N2O2S. The molecule has 0 spiro atoms. The molecule has 0 aliphatic carbocycles. The molecule has 0 amide bonds. The first-order valence-electron chi connectivity index (χ1n) is 5.58. The van der Waals surface area contributed by atoms with E-state index in [1.807, 2.05) is 25.4 Å². The van der Waals surface area contributed by atoms with E-state index in [9.17, 15) is 4.79 Å². The topological polar surface area (TPSA) is 64.3 Å². The summed E-state index contributed by atoms with van der Waals surface area (Å²) in [6.07, 6.45) is 3.22. The number of carboxylic acids is 1. The lowest BCUT2D eigenvalue weighted by molar-refractivity contribution is -0.131. The fourth-order valence-corrected chi connectivity index (χ4v) is 2.34. The summed E-state index contributed by atoms with van der Waals surface area (Å²) in [4.78, 5) is 13.7. The van der Waals surface area contributed by atoms with Crippen molar-refractivity contribution in [2.45, 2.75) is 25.9 Å². The number of hydrogen-bond donors (Lipinski definition) is 1. The van der Waals surface area contributed by atoms with Crippen molar-refractivity contribution < 1.29 is 9.90 Å². The smallest absolute Gasteiger partial charge is 0.328 e. The maximum absolute atomic E-state index is 10.4. The Hall–Kier alpha value is -1.64. The van der Waals surface area contributed by atoms with Gasteiger partial charge in [-0.2, -0.15) is 5.26 Å². The van der Waals surface area contributed by atoms with Gasteiger partial charge >= 0.3 is 5.97 Å². The van der Waals surface area contributed by atoms with Gasteiger partial charge < -0.3 is 5.11 Å². The predicted molar refractivity (Wildman–Crippen MR) is 72.1 cm³/mol. The van der Waals surface area contributed by atoms with Crippen molar-refractivity contribution in [1.29, 1.82) is 5.26 Å². The first kappa shape index (κ1) is 14.4. The summed E-state index contributed by atoms with van der Waals surface area (Å²) >= 11 is 1.60. The van der Waals surface area contributed by atoms with E-state index in [0.29, 0.717) is 6.42 Å². The van der Waals surface area contributed by atoms with E-state index < -0.39 is 5.97 Å². The molecule has 1 atom stereocenters. The van der Waals surface area contributed by atoms with E-state index in [-0.39, 0.29) is 6.04 Å². The zero-order chi connectivity index (χ0) is 13.5. The second-order valence-corrected chi connectivity index (χ2v) is 5.14. The van der Waals surface area contributed by atoms with Gasteiger partial charge in [0.25, 0.3) is 0 Å². The van der Waals surface area contributed by atoms with Gasteiger partial charge in [0, 0.05) is 23.5 Å². The van der Waals surface area contributed by atoms with Crippen LogP contribution in [0.5, 0.6) is 0 Å². The second kappa shape index (κ2) is 6.94. The van der Waals surface area contributed by atoms with E-state index in [1.54, 1.807) is 17.4 Å². The average Bonchev–Trinajstić information content (AvgIpc) is 2.74. The number of nitriles is 1. The standard InChI is InChI=1S/C13H16N2O2S/c1-10(5-6-14)15(2)8-12-7-11(9-18-12)3-4-13(16)17/h3-4,7,9-10H,5,8H2,1-2H3,(H,16,17). The van der Waals surface area contributed by atoms with Crippen molar-refractivity contribution in [3.8, 4) is 6.07 Å². The normalized spacial score (nSPS) is 12.8. The number of rotatable bonds is 6. The Bertz CT molecular complexity index is 474. The summed E-state index contributed by atoms with van der Waals surface area (Å²) in [5.74, 6) is -0.942. The van der Waals surface area contributed by atoms with Crippen LogP contribution in [-0.4, -0.2) is 29.1 Å². The lowest BCUT2D eigenvalue weighted by Crippen LogP contribution is -2.27. The molecular weight excluding hydrogens is 248 g/mol. The molecule has 0 saturated carbocycles. The molecule has 1 heterocycles. The number of carboxylic acid groups (broad SMARTS) is 1. The number of carbonyl (C=O) groups is 1. The molecule has 1 aromatic rings. The fraction of sp³-hybridized carbons (Fsp3) is 0.385. The minimum absolute atomic E-state index is 0.218. The molecule has 0 aliphatic rings. The van der Waals surface area contributed by atoms with E-state index in [0.717, 1.165) is 23.1 Å². The Morgan fingerprint density at radius 2 is 2.44 bits per heavy atom. The van der Waals surface area contributed by atoms with Gasteiger partial charge in [-0.1, -0.05) is 0 Å². The Labute approximate surface area is 111 Å². The van der Waals surface area contributed by atoms with Crippen LogP contribution in [0.4, 0.5) is 0 Å². The Balaban J connectivity index is 2.59. The first-order chi connectivity index (χ1) is 8.52. The van der Waals surface area contributed by atoms with Crippen LogP contribution in [0, 0.1) is 11.3 Å². The molecule has 0 radical (unpaired) electrons. The van der Waals surface area contributed by atoms with Gasteiger partial charge in [-0.25, -0.2) is 4.79 Å². The molecule has 0 fully saturated rings. The Kier molecular flexibility index (Phi) is 5.56. The highest BCUT2D eigenvalue weighted by Gasteiger charge is 2.10. The Morgan fingerprint density at radius 1 is 1.72 bits per heavy atom. The summed E-state index contributed by atoms with van der Waals surface area (Å²) < 4.78 is 0. The van der Waals surface area contributed by atoms with Crippen molar-refractivity contribution in [1.82, 2.24) is 4.90 Å². The molecule has 96 valence electrons. The molecule has 1 unspecified atom stereocenters. The van der Waals surface area contributed by atoms with Crippen molar-refractivity contribution in [2.24, 2.45) is 0 Å². The van der Waals surface area contributed by atoms with Gasteiger partial charge in [0.05, 0.1) is 12.5 Å². The molecule has 1 rings (SSSR count). The van der Waals surface area contributed by atoms with Crippen LogP contribution in [0.3, 0.4) is 0 Å². The highest BCUT2D eigenvalue weighted by Crippen LogP contribution is 2.18. The van der Waals surface area contributed by atoms with Gasteiger partial charge in [-0.3, -0.25) is 4.90 Å². The quantitative estimate of drug-likeness (QED) is 0.802. The van der Waals surface area contributed by atoms with E-state index in [4.69, 9.17) is 10.4 Å². The van der Waals surface area contributed by atoms with Gasteiger partial charge in [0.15, 0.2) is 0 Å². The zero-order valence-corrected chi connectivity index (χ0v) is 11.3. The highest BCUT2D eigenvalue weighted by atomic mass is 32.1. The summed E-state index contributed by atoms with van der Waals surface area (Å²) in [7, 11) is 1.98. The van der Waals surface area contributed by atoms with Gasteiger partial charge in [-0.05, 0) is 37.1 Å². The third-order valence-electron chi connectivity index (χ3n) is 2.64. The third-order valence-corrected chi connectivity index (χ3v) is 3.58. The second-order valence-electron chi connectivity index (χ2n) is 4.14. The predicted octanol–water partition coefficient (Wildman–Crippen LogP) is 2.58. The number of hydrogen-bond acceptors (Lipinski definition) is 4. The van der Waals surface area contributed by atoms with Crippen LogP contribution in [-0.2, 0) is 11.3 Å². The van der Waals surface area contributed by atoms with Crippen molar-refractivity contribution in [2.75, 3.05) is 7.05 Å². The summed E-state index contributed by atoms with van der Waals surface area (Å²) in [5.41, 5.74) is 0.902. The third kappa shape index (κ3) is 4.70. The minimum Gasteiger partial charge on any atom is -0.478 e. The summed E-state index contributed by atoms with van der Waals surface area (Å²) in [5, 5.41) is 19.1. The lowest BCUT2D eigenvalue weighted by atomic mass is 10.2. The van der Waals surface area contributed by atoms with Gasteiger partial charge in [0.2, 0.25) is 0 Å². The van der Waals surface area contributed by atoms with Crippen molar-refractivity contribution in [3.05, 3.63) is 28.0 Å². The molecule has 0 saturated heterocycles. The fourth-order valence-electron chi connectivity index (χ4n) is 1.43. The monoisotopic (exact) mass is 264 g/mol. The SMILES string of the molecule is CC(CC#N)N(C)Cc1cc(C=CC(=O)O)cs1. The molecule has 1 aromatic heterocycles. The molecule has 5 heteroatoms. The van der Waals surface area contributed by atoms with Crippen LogP contribution < -0.4 is 0 Å². The summed E-state index contributed by atoms with van der Waals surface area (Å²) in [6.45, 7) is 2.79. The zero-order valence-electron chi connectivity index (χ0n) is 10.5. The van der Waals surface area contributed by atoms with Crippen molar-refractivity contribution in [3.63, 3.8) is 0 Å². The summed E-state index contributed by atoms with van der Waals surface area (Å²) in [6, 6.07) is 4.35. The van der Waals surface area contributed by atoms with Crippen LogP contribution >= 0.6 is 11.3 Å². The maximum atomic E-state index is 10.4. The lowest BCUT2D eigenvalue weighted by Gasteiger charge is -2.21. The molecule has 1 N–H and O–H groups in total. The minimum atomic E-state index is -0.942. The molecule has 18 heavy (non-hydrogen) atoms. The van der Waals surface area contributed by atoms with E-state index in [2.05, 4.69) is 11.0 Å². The number of nitrogens with zero attached hydrogens (tertiary/aromatic N) is 2.